The van der Waals surface area contributed by atoms with E-state index in [-0.39, 0.29) is 0 Å². The van der Waals surface area contributed by atoms with Crippen molar-refractivity contribution in [1.29, 1.82) is 0 Å². The summed E-state index contributed by atoms with van der Waals surface area (Å²) in [6.07, 6.45) is 31.3. The van der Waals surface area contributed by atoms with Crippen molar-refractivity contribution in [3.63, 3.8) is 0 Å². The highest BCUT2D eigenvalue weighted by Gasteiger charge is 2.45. The second-order valence-corrected chi connectivity index (χ2v) is 28.4. The fraction of sp³-hybridized carbons (Fsp3) is 0.325. The van der Waals surface area contributed by atoms with E-state index in [9.17, 15) is 0 Å². The van der Waals surface area contributed by atoms with Gasteiger partial charge in [-0.15, -0.1) is 0 Å². The number of benzene rings is 6. The maximum atomic E-state index is 6.32. The molecule has 0 aliphatic carbocycles. The molecule has 14 nitrogen and oxygen atoms in total. The Kier molecular flexibility index (Phi) is 15.2. The Hall–Kier alpha value is -9.18. The lowest BCUT2D eigenvalue weighted by atomic mass is 10.1. The third kappa shape index (κ3) is 10.1. The van der Waals surface area contributed by atoms with Crippen molar-refractivity contribution in [2.75, 3.05) is 74.0 Å². The van der Waals surface area contributed by atoms with Crippen molar-refractivity contribution in [2.45, 2.75) is 119 Å². The number of piperidine rings is 2. The van der Waals surface area contributed by atoms with Crippen molar-refractivity contribution in [2.24, 2.45) is 0 Å². The summed E-state index contributed by atoms with van der Waals surface area (Å²) < 4.78 is 28.7. The highest BCUT2D eigenvalue weighted by atomic mass is 16.3. The number of nitrogens with zero attached hydrogens (tertiary/aromatic N) is 10. The van der Waals surface area contributed by atoms with Gasteiger partial charge >= 0.3 is 0 Å². The van der Waals surface area contributed by atoms with Crippen molar-refractivity contribution in [3.05, 3.63) is 206 Å². The Morgan fingerprint density at radius 1 is 0.330 bits per heavy atom. The molecule has 2 saturated heterocycles. The molecule has 0 bridgehead atoms. The molecule has 480 valence electrons. The normalized spacial score (nSPS) is 21.5. The van der Waals surface area contributed by atoms with Crippen LogP contribution in [0.4, 0.5) is 22.7 Å². The van der Waals surface area contributed by atoms with Crippen molar-refractivity contribution < 1.29 is 35.6 Å². The van der Waals surface area contributed by atoms with Gasteiger partial charge in [-0.05, 0) is 125 Å². The van der Waals surface area contributed by atoms with E-state index in [2.05, 4.69) is 254 Å². The van der Waals surface area contributed by atoms with E-state index in [1.165, 1.54) is 126 Å². The number of pyridine rings is 2. The van der Waals surface area contributed by atoms with Crippen LogP contribution in [0.2, 0.25) is 0 Å². The first-order chi connectivity index (χ1) is 45.4. The lowest BCUT2D eigenvalue weighted by Crippen LogP contribution is -2.55. The molecule has 6 aromatic carbocycles. The molecule has 4 unspecified atom stereocenters. The van der Waals surface area contributed by atoms with Gasteiger partial charge in [0, 0.05) is 83.2 Å². The van der Waals surface area contributed by atoms with Crippen molar-refractivity contribution in [3.8, 4) is 0 Å². The van der Waals surface area contributed by atoms with E-state index in [1.807, 2.05) is 30.3 Å². The lowest BCUT2D eigenvalue weighted by molar-refractivity contribution is -0.900. The second kappa shape index (κ2) is 23.4. The maximum absolute atomic E-state index is 6.32. The Balaban J connectivity index is 0.000000104. The maximum Gasteiger partial charge on any atom is 0.227 e. The number of rotatable bonds is 4. The Morgan fingerprint density at radius 3 is 0.989 bits per heavy atom. The van der Waals surface area contributed by atoms with Crippen LogP contribution in [-0.4, -0.2) is 107 Å². The summed E-state index contributed by atoms with van der Waals surface area (Å²) >= 11 is 0. The van der Waals surface area contributed by atoms with E-state index in [0.717, 1.165) is 84.4 Å². The topological polar surface area (TPSA) is 91.3 Å². The largest absolute Gasteiger partial charge is 0.454 e. The van der Waals surface area contributed by atoms with Crippen molar-refractivity contribution in [1.82, 2.24) is 9.97 Å². The molecule has 0 saturated carbocycles. The molecule has 2 spiro atoms. The molecule has 6 aliphatic rings. The summed E-state index contributed by atoms with van der Waals surface area (Å²) in [4.78, 5) is 18.3. The Bertz CT molecular complexity index is 4710. The van der Waals surface area contributed by atoms with E-state index in [1.54, 1.807) is 12.4 Å². The van der Waals surface area contributed by atoms with Crippen LogP contribution in [0.1, 0.15) is 88.5 Å². The molecule has 0 N–H and O–H groups in total. The van der Waals surface area contributed by atoms with Crippen LogP contribution >= 0.6 is 0 Å². The van der Waals surface area contributed by atoms with Gasteiger partial charge in [0.25, 0.3) is 0 Å². The van der Waals surface area contributed by atoms with Crippen LogP contribution in [0.25, 0.3) is 88.0 Å². The molecular formula is C80H90N10O4+4. The predicted molar refractivity (Wildman–Crippen MR) is 386 cm³/mol. The summed E-state index contributed by atoms with van der Waals surface area (Å²) in [6.45, 7) is 22.9. The van der Waals surface area contributed by atoms with E-state index in [0.29, 0.717) is 30.4 Å². The Labute approximate surface area is 551 Å². The summed E-state index contributed by atoms with van der Waals surface area (Å²) in [5.41, 5.74) is 17.0. The first-order valence-corrected chi connectivity index (χ1v) is 34.0. The zero-order valence-electron chi connectivity index (χ0n) is 56.8. The quantitative estimate of drug-likeness (QED) is 0.159. The minimum atomic E-state index is 0.325. The number of hydrogen-bond donors (Lipinski definition) is 0. The van der Waals surface area contributed by atoms with Crippen LogP contribution in [0.3, 0.4) is 0 Å². The molecular weight excluding hydrogens is 1160 g/mol. The standard InChI is InChI=1S/C22H25N2O.C21H24N3O.C19H21N2O.C18H20N3O/c1-16-10-11-19-18-8-4-5-9-20(18)25-22(19)21(16)23-12-15-24(17(23)2)13-6-3-7-14-24;1-15-8-9-17-18-7-6-10-22-21(18)25-20(17)19(15)23-11-14-24(16(23)2)12-4-3-5-13-24;1-13-9-10-16-15-7-5-6-8-17(15)22-19(16)18(13)20-11-12-21(3,4)14(20)2;1-12-7-8-14-15-6-5-9-19-18(15)22-17(14)16(12)20-10-11-21(3,4)13(20)2/h4-5,8-12,15,17H,3,6-7,13-14H2,1-2H3;6-11,14,16H,3-5,12-13H2,1-2H3;5-12,14H,1-4H3;5-11,13H,1-4H3/q4*+1. The first-order valence-electron chi connectivity index (χ1n) is 34.0. The smallest absolute Gasteiger partial charge is 0.227 e. The summed E-state index contributed by atoms with van der Waals surface area (Å²) in [5.74, 6) is 0. The van der Waals surface area contributed by atoms with Gasteiger partial charge in [-0.2, -0.15) is 0 Å². The molecule has 4 atom stereocenters. The molecule has 18 rings (SSSR count). The zero-order valence-corrected chi connectivity index (χ0v) is 56.8. The minimum Gasteiger partial charge on any atom is -0.454 e. The van der Waals surface area contributed by atoms with Gasteiger partial charge in [0.1, 0.15) is 36.0 Å². The van der Waals surface area contributed by atoms with Crippen LogP contribution in [0.5, 0.6) is 0 Å². The van der Waals surface area contributed by atoms with Crippen LogP contribution in [-0.2, 0) is 0 Å². The monoisotopic (exact) mass is 1250 g/mol. The lowest BCUT2D eigenvalue weighted by Gasteiger charge is -2.41. The summed E-state index contributed by atoms with van der Waals surface area (Å²) in [5, 5.41) is 9.24. The van der Waals surface area contributed by atoms with Gasteiger partial charge in [0.15, 0.2) is 47.0 Å². The summed E-state index contributed by atoms with van der Waals surface area (Å²) in [6, 6.07) is 42.2. The van der Waals surface area contributed by atoms with E-state index >= 15 is 0 Å². The van der Waals surface area contributed by atoms with Gasteiger partial charge in [-0.1, -0.05) is 84.9 Å². The zero-order chi connectivity index (χ0) is 65.0. The molecule has 14 heteroatoms. The average molecular weight is 1260 g/mol. The number of para-hydroxylation sites is 2. The second-order valence-electron chi connectivity index (χ2n) is 28.4. The van der Waals surface area contributed by atoms with Gasteiger partial charge < -0.3 is 17.7 Å². The van der Waals surface area contributed by atoms with Gasteiger partial charge in [-0.25, -0.2) is 9.97 Å². The number of quaternary nitrogens is 4. The molecule has 12 aromatic rings. The van der Waals surface area contributed by atoms with Crippen LogP contribution < -0.4 is 19.6 Å². The molecule has 94 heavy (non-hydrogen) atoms. The molecule has 6 aromatic heterocycles. The minimum absolute atomic E-state index is 0.325. The predicted octanol–water partition coefficient (Wildman–Crippen LogP) is 19.1. The van der Waals surface area contributed by atoms with Crippen LogP contribution in [0, 0.1) is 27.7 Å². The molecule has 12 heterocycles. The number of anilines is 4. The fourth-order valence-corrected chi connectivity index (χ4v) is 15.9. The molecule has 2 fully saturated rings. The highest BCUT2D eigenvalue weighted by molar-refractivity contribution is 6.12. The summed E-state index contributed by atoms with van der Waals surface area (Å²) in [7, 11) is 8.85. The first kappa shape index (κ1) is 61.0. The van der Waals surface area contributed by atoms with E-state index < -0.39 is 0 Å². The Morgan fingerprint density at radius 2 is 0.638 bits per heavy atom. The fourth-order valence-electron chi connectivity index (χ4n) is 15.9. The SMILES string of the molecule is Cc1ccc2c(oc3ccccc32)c1N1C=C[N+](C)(C)C1C.Cc1ccc2c(oc3ccccc32)c1N1C=C[N+]2(CCCCC2)C1C.Cc1ccc2c(oc3ncccc32)c1N1C=C[N+](C)(C)C1C.Cc1ccc2c(oc3ncccc32)c1N1C=C[N+]2(CCCCC2)C1C. The third-order valence-corrected chi connectivity index (χ3v) is 22.3. The average Bonchev–Trinajstić information content (AvgIpc) is 1.60. The van der Waals surface area contributed by atoms with Gasteiger partial charge in [0.05, 0.1) is 102 Å². The number of hydrogen-bond acceptors (Lipinski definition) is 10. The third-order valence-electron chi connectivity index (χ3n) is 22.3. The number of aryl methyl sites for hydroxylation is 4. The van der Waals surface area contributed by atoms with Crippen LogP contribution in [0.15, 0.2) is 201 Å². The molecule has 0 amide bonds. The molecule has 6 aliphatic heterocycles. The molecule has 0 radical (unpaired) electrons. The van der Waals surface area contributed by atoms with Gasteiger partial charge in [-0.3, -0.25) is 37.5 Å². The van der Waals surface area contributed by atoms with Crippen molar-refractivity contribution >= 4 is 111 Å². The number of furan rings is 4. The van der Waals surface area contributed by atoms with Gasteiger partial charge in [0.2, 0.25) is 11.4 Å². The van der Waals surface area contributed by atoms with E-state index in [4.69, 9.17) is 17.7 Å². The highest BCUT2D eigenvalue weighted by Crippen LogP contribution is 2.46. The number of fused-ring (bicyclic) bond motifs is 12. The number of aromatic nitrogens is 2.